The second-order valence-electron chi connectivity index (χ2n) is 4.79. The summed E-state index contributed by atoms with van der Waals surface area (Å²) in [5.41, 5.74) is 5.81. The second kappa shape index (κ2) is 5.27. The largest absolute Gasteiger partial charge is 0.508 e. The van der Waals surface area contributed by atoms with Crippen molar-refractivity contribution < 1.29 is 19.8 Å². The Morgan fingerprint density at radius 2 is 2.05 bits per heavy atom. The summed E-state index contributed by atoms with van der Waals surface area (Å²) in [6.07, 6.45) is 2.14. The smallest absolute Gasteiger partial charge is 0.337 e. The molecule has 19 heavy (non-hydrogen) atoms. The van der Waals surface area contributed by atoms with Gasteiger partial charge in [-0.15, -0.1) is 0 Å². The van der Waals surface area contributed by atoms with Gasteiger partial charge in [0, 0.05) is 12.0 Å². The molecule has 0 heterocycles. The van der Waals surface area contributed by atoms with Crippen LogP contribution in [0.4, 0.5) is 5.69 Å². The number of phenolic OH excluding ortho intramolecular Hbond substituents is 1. The van der Waals surface area contributed by atoms with Gasteiger partial charge in [-0.25, -0.2) is 4.79 Å². The highest BCUT2D eigenvalue weighted by molar-refractivity contribution is 6.01. The molecule has 0 bridgehead atoms. The third-order valence-corrected chi connectivity index (χ3v) is 3.34. The van der Waals surface area contributed by atoms with Crippen LogP contribution in [0.25, 0.3) is 0 Å². The summed E-state index contributed by atoms with van der Waals surface area (Å²) >= 11 is 0. The molecule has 1 aromatic carbocycles. The number of carbonyl (C=O) groups is 2. The molecule has 2 rings (SSSR count). The number of nitrogens with one attached hydrogen (secondary N) is 1. The summed E-state index contributed by atoms with van der Waals surface area (Å²) in [7, 11) is 0. The maximum atomic E-state index is 12.0. The lowest BCUT2D eigenvalue weighted by Crippen LogP contribution is -2.24. The average Bonchev–Trinajstić information content (AvgIpc) is 2.78. The molecule has 1 saturated carbocycles. The van der Waals surface area contributed by atoms with Crippen molar-refractivity contribution in [2.75, 3.05) is 5.32 Å². The lowest BCUT2D eigenvalue weighted by molar-refractivity contribution is -0.119. The van der Waals surface area contributed by atoms with Crippen molar-refractivity contribution in [1.82, 2.24) is 0 Å². The average molecular weight is 264 g/mol. The Labute approximate surface area is 110 Å². The predicted molar refractivity (Wildman–Crippen MR) is 69.0 cm³/mol. The molecule has 2 unspecified atom stereocenters. The number of hydrogen-bond donors (Lipinski definition) is 4. The highest BCUT2D eigenvalue weighted by Gasteiger charge is 2.28. The van der Waals surface area contributed by atoms with Crippen LogP contribution >= 0.6 is 0 Å². The number of amides is 1. The van der Waals surface area contributed by atoms with Gasteiger partial charge in [-0.3, -0.25) is 4.79 Å². The first-order valence-corrected chi connectivity index (χ1v) is 6.10. The minimum Gasteiger partial charge on any atom is -0.508 e. The van der Waals surface area contributed by atoms with Crippen molar-refractivity contribution in [2.45, 2.75) is 25.3 Å². The molecule has 6 nitrogen and oxygen atoms in total. The molecule has 5 N–H and O–H groups in total. The minimum atomic E-state index is -1.20. The minimum absolute atomic E-state index is 0.0366. The van der Waals surface area contributed by atoms with E-state index in [1.165, 1.54) is 12.1 Å². The van der Waals surface area contributed by atoms with Gasteiger partial charge in [-0.1, -0.05) is 0 Å². The Morgan fingerprint density at radius 1 is 1.32 bits per heavy atom. The molecule has 1 amide bonds. The summed E-state index contributed by atoms with van der Waals surface area (Å²) < 4.78 is 0. The molecule has 0 saturated heterocycles. The van der Waals surface area contributed by atoms with Crippen molar-refractivity contribution in [2.24, 2.45) is 11.7 Å². The fourth-order valence-electron chi connectivity index (χ4n) is 2.31. The van der Waals surface area contributed by atoms with Crippen molar-refractivity contribution in [3.8, 4) is 5.75 Å². The van der Waals surface area contributed by atoms with Gasteiger partial charge in [0.15, 0.2) is 0 Å². The normalized spacial score (nSPS) is 22.2. The fraction of sp³-hybridized carbons (Fsp3) is 0.385. The van der Waals surface area contributed by atoms with Gasteiger partial charge in [-0.05, 0) is 37.5 Å². The summed E-state index contributed by atoms with van der Waals surface area (Å²) in [4.78, 5) is 23.0. The van der Waals surface area contributed by atoms with Crippen LogP contribution in [-0.4, -0.2) is 28.1 Å². The maximum Gasteiger partial charge on any atom is 0.337 e. The zero-order chi connectivity index (χ0) is 14.0. The second-order valence-corrected chi connectivity index (χ2v) is 4.79. The van der Waals surface area contributed by atoms with Gasteiger partial charge in [0.25, 0.3) is 0 Å². The van der Waals surface area contributed by atoms with Gasteiger partial charge in [0.05, 0.1) is 11.3 Å². The van der Waals surface area contributed by atoms with Crippen LogP contribution in [-0.2, 0) is 4.79 Å². The predicted octanol–water partition coefficient (Wildman–Crippen LogP) is 1.16. The van der Waals surface area contributed by atoms with E-state index in [9.17, 15) is 14.7 Å². The van der Waals surface area contributed by atoms with Crippen LogP contribution in [0.2, 0.25) is 0 Å². The van der Waals surface area contributed by atoms with Crippen molar-refractivity contribution in [3.63, 3.8) is 0 Å². The van der Waals surface area contributed by atoms with Crippen LogP contribution < -0.4 is 11.1 Å². The highest BCUT2D eigenvalue weighted by atomic mass is 16.4. The van der Waals surface area contributed by atoms with Gasteiger partial charge in [-0.2, -0.15) is 0 Å². The lowest BCUT2D eigenvalue weighted by atomic mass is 10.1. The number of carbonyl (C=O) groups excluding carboxylic acids is 1. The molecule has 1 fully saturated rings. The molecule has 0 aromatic heterocycles. The van der Waals surface area contributed by atoms with Gasteiger partial charge in [0.2, 0.25) is 5.91 Å². The Kier molecular flexibility index (Phi) is 3.71. The van der Waals surface area contributed by atoms with E-state index in [0.29, 0.717) is 12.8 Å². The van der Waals surface area contributed by atoms with E-state index >= 15 is 0 Å². The zero-order valence-electron chi connectivity index (χ0n) is 10.3. The summed E-state index contributed by atoms with van der Waals surface area (Å²) in [5.74, 6) is -1.75. The SMILES string of the molecule is NC1CCC(C(=O)Nc2ccc(O)cc2C(=O)O)C1. The number of phenols is 1. The molecule has 0 radical (unpaired) electrons. The molecule has 1 aliphatic carbocycles. The number of carboxylic acid groups (broad SMARTS) is 1. The van der Waals surface area contributed by atoms with Gasteiger partial charge in [0.1, 0.15) is 5.75 Å². The third kappa shape index (κ3) is 3.03. The topological polar surface area (TPSA) is 113 Å². The highest BCUT2D eigenvalue weighted by Crippen LogP contribution is 2.27. The molecule has 6 heteroatoms. The van der Waals surface area contributed by atoms with E-state index < -0.39 is 5.97 Å². The summed E-state index contributed by atoms with van der Waals surface area (Å²) in [6, 6.07) is 3.86. The fourth-order valence-corrected chi connectivity index (χ4v) is 2.31. The van der Waals surface area contributed by atoms with E-state index in [1.807, 2.05) is 0 Å². The number of anilines is 1. The van der Waals surface area contributed by atoms with Crippen LogP contribution in [0.3, 0.4) is 0 Å². The number of aromatic hydroxyl groups is 1. The van der Waals surface area contributed by atoms with E-state index in [4.69, 9.17) is 10.8 Å². The third-order valence-electron chi connectivity index (χ3n) is 3.34. The monoisotopic (exact) mass is 264 g/mol. The number of benzene rings is 1. The molecular weight excluding hydrogens is 248 g/mol. The summed E-state index contributed by atoms with van der Waals surface area (Å²) in [6.45, 7) is 0. The number of rotatable bonds is 3. The zero-order valence-corrected chi connectivity index (χ0v) is 10.3. The van der Waals surface area contributed by atoms with Crippen molar-refractivity contribution in [3.05, 3.63) is 23.8 Å². The Hall–Kier alpha value is -2.08. The van der Waals surface area contributed by atoms with Crippen LogP contribution in [0.15, 0.2) is 18.2 Å². The Morgan fingerprint density at radius 3 is 2.63 bits per heavy atom. The number of carboxylic acids is 1. The van der Waals surface area contributed by atoms with Crippen molar-refractivity contribution >= 4 is 17.6 Å². The maximum absolute atomic E-state index is 12.0. The first kappa shape index (κ1) is 13.4. The first-order chi connectivity index (χ1) is 8.97. The number of nitrogens with two attached hydrogens (primary N) is 1. The van der Waals surface area contributed by atoms with E-state index in [0.717, 1.165) is 12.5 Å². The van der Waals surface area contributed by atoms with E-state index in [1.54, 1.807) is 0 Å². The standard InChI is InChI=1S/C13H16N2O4/c14-8-2-1-7(5-8)12(17)15-11-4-3-9(16)6-10(11)13(18)19/h3-4,6-8,16H,1-2,5,14H2,(H,15,17)(H,18,19). The molecule has 102 valence electrons. The molecule has 0 aliphatic heterocycles. The Bertz CT molecular complexity index is 515. The Balaban J connectivity index is 2.14. The lowest BCUT2D eigenvalue weighted by Gasteiger charge is -2.12. The summed E-state index contributed by atoms with van der Waals surface area (Å²) in [5, 5.41) is 20.9. The molecule has 2 atom stereocenters. The molecular formula is C13H16N2O4. The van der Waals surface area contributed by atoms with Crippen LogP contribution in [0.1, 0.15) is 29.6 Å². The molecule has 1 aliphatic rings. The van der Waals surface area contributed by atoms with Gasteiger partial charge < -0.3 is 21.3 Å². The van der Waals surface area contributed by atoms with E-state index in [-0.39, 0.29) is 34.9 Å². The van der Waals surface area contributed by atoms with Crippen molar-refractivity contribution in [1.29, 1.82) is 0 Å². The quantitative estimate of drug-likeness (QED) is 0.612. The number of hydrogen-bond acceptors (Lipinski definition) is 4. The first-order valence-electron chi connectivity index (χ1n) is 6.10. The van der Waals surface area contributed by atoms with Gasteiger partial charge >= 0.3 is 5.97 Å². The van der Waals surface area contributed by atoms with Crippen LogP contribution in [0, 0.1) is 5.92 Å². The molecule has 0 spiro atoms. The van der Waals surface area contributed by atoms with E-state index in [2.05, 4.69) is 5.32 Å². The molecule has 1 aromatic rings. The van der Waals surface area contributed by atoms with Crippen LogP contribution in [0.5, 0.6) is 5.75 Å². The number of aromatic carboxylic acids is 1.